The van der Waals surface area contributed by atoms with Crippen LogP contribution in [-0.2, 0) is 13.2 Å². The Morgan fingerprint density at radius 1 is 1.21 bits per heavy atom. The van der Waals surface area contributed by atoms with Gasteiger partial charge in [-0.1, -0.05) is 23.9 Å². The van der Waals surface area contributed by atoms with Crippen LogP contribution < -0.4 is 0 Å². The molecule has 0 atom stereocenters. The van der Waals surface area contributed by atoms with Crippen LogP contribution in [0.15, 0.2) is 48.1 Å². The van der Waals surface area contributed by atoms with Crippen molar-refractivity contribution < 1.29 is 4.39 Å². The Morgan fingerprint density at radius 2 is 2.17 bits per heavy atom. The van der Waals surface area contributed by atoms with Crippen LogP contribution in [0.4, 0.5) is 4.39 Å². The van der Waals surface area contributed by atoms with Crippen molar-refractivity contribution in [2.75, 3.05) is 12.4 Å². The summed E-state index contributed by atoms with van der Waals surface area (Å²) >= 11 is 1.67. The van der Waals surface area contributed by atoms with E-state index in [-0.39, 0.29) is 5.82 Å². The van der Waals surface area contributed by atoms with Gasteiger partial charge in [-0.25, -0.2) is 9.37 Å². The minimum absolute atomic E-state index is 0.259. The molecule has 0 radical (unpaired) electrons. The molecule has 0 bridgehead atoms. The van der Waals surface area contributed by atoms with Gasteiger partial charge < -0.3 is 4.57 Å². The Labute approximate surface area is 143 Å². The monoisotopic (exact) mass is 344 g/mol. The van der Waals surface area contributed by atoms with Crippen LogP contribution in [0.2, 0.25) is 0 Å². The molecule has 0 spiro atoms. The molecule has 124 valence electrons. The molecule has 0 saturated carbocycles. The molecule has 0 saturated heterocycles. The van der Waals surface area contributed by atoms with Crippen LogP contribution in [0.5, 0.6) is 0 Å². The van der Waals surface area contributed by atoms with Crippen molar-refractivity contribution in [1.29, 1.82) is 0 Å². The molecule has 0 amide bonds. The first-order valence-electron chi connectivity index (χ1n) is 7.79. The van der Waals surface area contributed by atoms with Crippen molar-refractivity contribution >= 4 is 11.8 Å². The maximum Gasteiger partial charge on any atom is 0.193 e. The van der Waals surface area contributed by atoms with Gasteiger partial charge in [-0.05, 0) is 18.6 Å². The largest absolute Gasteiger partial charge is 0.337 e. The summed E-state index contributed by atoms with van der Waals surface area (Å²) in [5.41, 5.74) is 0.759. The van der Waals surface area contributed by atoms with E-state index in [1.807, 2.05) is 18.6 Å². The molecule has 0 fully saturated rings. The lowest BCUT2D eigenvalue weighted by molar-refractivity contribution is 0.233. The summed E-state index contributed by atoms with van der Waals surface area (Å²) in [7, 11) is 0. The molecular weight excluding hydrogens is 327 g/mol. The average Bonchev–Trinajstić information content (AvgIpc) is 3.24. The fourth-order valence-corrected chi connectivity index (χ4v) is 3.69. The summed E-state index contributed by atoms with van der Waals surface area (Å²) in [4.78, 5) is 6.40. The molecule has 6 nitrogen and oxygen atoms in total. The van der Waals surface area contributed by atoms with Gasteiger partial charge in [0.25, 0.3) is 0 Å². The SMILES string of the molecule is Fc1cccc(-c2nnc3n2CN(CCCn2ccnc2)CS3)c1. The van der Waals surface area contributed by atoms with E-state index in [0.29, 0.717) is 0 Å². The molecular formula is C16H17FN6S. The Bertz CT molecular complexity index is 816. The van der Waals surface area contributed by atoms with Crippen molar-refractivity contribution in [3.8, 4) is 11.4 Å². The van der Waals surface area contributed by atoms with Gasteiger partial charge >= 0.3 is 0 Å². The van der Waals surface area contributed by atoms with Crippen molar-refractivity contribution in [2.24, 2.45) is 0 Å². The fourth-order valence-electron chi connectivity index (χ4n) is 2.79. The highest BCUT2D eigenvalue weighted by atomic mass is 32.2. The lowest BCUT2D eigenvalue weighted by Gasteiger charge is -2.27. The molecule has 3 heterocycles. The summed E-state index contributed by atoms with van der Waals surface area (Å²) in [6, 6.07) is 6.50. The van der Waals surface area contributed by atoms with Crippen LogP contribution in [-0.4, -0.2) is 41.6 Å². The number of thioether (sulfide) groups is 1. The molecule has 1 aliphatic heterocycles. The van der Waals surface area contributed by atoms with E-state index in [1.165, 1.54) is 12.1 Å². The third-order valence-electron chi connectivity index (χ3n) is 3.97. The van der Waals surface area contributed by atoms with E-state index >= 15 is 0 Å². The van der Waals surface area contributed by atoms with Crippen LogP contribution in [0.3, 0.4) is 0 Å². The molecule has 1 aliphatic rings. The second-order valence-corrected chi connectivity index (χ2v) is 6.62. The minimum Gasteiger partial charge on any atom is -0.337 e. The zero-order valence-corrected chi connectivity index (χ0v) is 13.9. The highest BCUT2D eigenvalue weighted by molar-refractivity contribution is 7.99. The lowest BCUT2D eigenvalue weighted by Crippen LogP contribution is -2.32. The van der Waals surface area contributed by atoms with Crippen LogP contribution >= 0.6 is 11.8 Å². The van der Waals surface area contributed by atoms with Crippen molar-refractivity contribution in [3.63, 3.8) is 0 Å². The molecule has 4 rings (SSSR count). The first-order chi connectivity index (χ1) is 11.8. The maximum absolute atomic E-state index is 13.5. The lowest BCUT2D eigenvalue weighted by atomic mass is 10.2. The molecule has 0 N–H and O–H groups in total. The van der Waals surface area contributed by atoms with Gasteiger partial charge in [-0.3, -0.25) is 9.47 Å². The van der Waals surface area contributed by atoms with E-state index in [0.717, 1.165) is 48.6 Å². The summed E-state index contributed by atoms with van der Waals surface area (Å²) in [5, 5.41) is 9.37. The quantitative estimate of drug-likeness (QED) is 0.712. The number of rotatable bonds is 5. The van der Waals surface area contributed by atoms with Crippen LogP contribution in [0.1, 0.15) is 6.42 Å². The summed E-state index contributed by atoms with van der Waals surface area (Å²) < 4.78 is 17.6. The Morgan fingerprint density at radius 3 is 3.00 bits per heavy atom. The number of imidazole rings is 1. The minimum atomic E-state index is -0.259. The van der Waals surface area contributed by atoms with Gasteiger partial charge in [0.2, 0.25) is 0 Å². The normalized spacial score (nSPS) is 14.7. The van der Waals surface area contributed by atoms with Crippen molar-refractivity contribution in [2.45, 2.75) is 24.8 Å². The van der Waals surface area contributed by atoms with Gasteiger partial charge in [0.15, 0.2) is 11.0 Å². The number of nitrogens with zero attached hydrogens (tertiary/aromatic N) is 6. The third kappa shape index (κ3) is 3.20. The Balaban J connectivity index is 1.45. The molecule has 1 aromatic carbocycles. The second-order valence-electron chi connectivity index (χ2n) is 5.71. The number of hydrogen-bond donors (Lipinski definition) is 0. The van der Waals surface area contributed by atoms with Crippen molar-refractivity contribution in [3.05, 3.63) is 48.8 Å². The summed E-state index contributed by atoms with van der Waals surface area (Å²) in [6.45, 7) is 2.66. The van der Waals surface area contributed by atoms with Gasteiger partial charge in [0, 0.05) is 31.0 Å². The topological polar surface area (TPSA) is 51.8 Å². The van der Waals surface area contributed by atoms with Crippen molar-refractivity contribution in [1.82, 2.24) is 29.2 Å². The number of benzene rings is 1. The standard InChI is InChI=1S/C16H17FN6S/c17-14-4-1-3-13(9-14)15-19-20-16-23(15)11-22(12-24-16)7-2-6-21-8-5-18-10-21/h1,3-5,8-10H,2,6-7,11-12H2. The molecule has 8 heteroatoms. The number of aryl methyl sites for hydroxylation is 1. The molecule has 24 heavy (non-hydrogen) atoms. The highest BCUT2D eigenvalue weighted by Crippen LogP contribution is 2.29. The first kappa shape index (κ1) is 15.3. The Hall–Kier alpha value is -2.19. The number of halogens is 1. The zero-order chi connectivity index (χ0) is 16.4. The fraction of sp³-hybridized carbons (Fsp3) is 0.312. The number of hydrogen-bond acceptors (Lipinski definition) is 5. The number of fused-ring (bicyclic) bond motifs is 1. The predicted molar refractivity (Wildman–Crippen MR) is 89.7 cm³/mol. The molecule has 2 aromatic heterocycles. The predicted octanol–water partition coefficient (Wildman–Crippen LogP) is 2.69. The van der Waals surface area contributed by atoms with E-state index < -0.39 is 0 Å². The molecule has 0 unspecified atom stereocenters. The molecule has 0 aliphatic carbocycles. The summed E-state index contributed by atoms with van der Waals surface area (Å²) in [5.74, 6) is 1.35. The van der Waals surface area contributed by atoms with Crippen LogP contribution in [0.25, 0.3) is 11.4 Å². The zero-order valence-electron chi connectivity index (χ0n) is 13.0. The van der Waals surface area contributed by atoms with Gasteiger partial charge in [-0.2, -0.15) is 0 Å². The van der Waals surface area contributed by atoms with E-state index in [1.54, 1.807) is 24.0 Å². The average molecular weight is 344 g/mol. The second kappa shape index (κ2) is 6.74. The van der Waals surface area contributed by atoms with E-state index in [2.05, 4.69) is 29.2 Å². The van der Waals surface area contributed by atoms with Gasteiger partial charge in [0.05, 0.1) is 18.9 Å². The first-order valence-corrected chi connectivity index (χ1v) is 8.78. The number of aromatic nitrogens is 5. The van der Waals surface area contributed by atoms with Gasteiger partial charge in [0.1, 0.15) is 5.82 Å². The van der Waals surface area contributed by atoms with E-state index in [4.69, 9.17) is 0 Å². The summed E-state index contributed by atoms with van der Waals surface area (Å²) in [6.07, 6.45) is 6.66. The van der Waals surface area contributed by atoms with Gasteiger partial charge in [-0.15, -0.1) is 10.2 Å². The third-order valence-corrected chi connectivity index (χ3v) is 5.02. The van der Waals surface area contributed by atoms with Crippen LogP contribution in [0, 0.1) is 5.82 Å². The van der Waals surface area contributed by atoms with E-state index in [9.17, 15) is 4.39 Å². The smallest absolute Gasteiger partial charge is 0.193 e. The molecule has 3 aromatic rings. The Kier molecular flexibility index (Phi) is 4.31. The maximum atomic E-state index is 13.5. The highest BCUT2D eigenvalue weighted by Gasteiger charge is 2.22.